The van der Waals surface area contributed by atoms with Crippen LogP contribution in [0.15, 0.2) is 103 Å². The second-order valence-electron chi connectivity index (χ2n) is 8.37. The highest BCUT2D eigenvalue weighted by atomic mass is 16.5. The third kappa shape index (κ3) is 6.36. The Kier molecular flexibility index (Phi) is 7.58. The van der Waals surface area contributed by atoms with E-state index in [-0.39, 0.29) is 18.2 Å². The number of aryl methyl sites for hydroxylation is 1. The highest BCUT2D eigenvalue weighted by molar-refractivity contribution is 6.06. The average molecular weight is 465 g/mol. The standard InChI is InChI=1S/C30H28N2O3/c1-22-8-6-12-26(18-22)31-29(33)19-23-14-16-27(17-15-23)32(21-24-9-4-3-5-10-24)30(34)25-11-7-13-28(20-25)35-2/h3-18,20H,19,21H2,1-2H3,(H,31,33). The summed E-state index contributed by atoms with van der Waals surface area (Å²) < 4.78 is 5.30. The van der Waals surface area contributed by atoms with E-state index in [1.807, 2.05) is 97.9 Å². The number of hydrogen-bond acceptors (Lipinski definition) is 3. The van der Waals surface area contributed by atoms with Crippen molar-refractivity contribution in [1.29, 1.82) is 0 Å². The van der Waals surface area contributed by atoms with E-state index in [1.165, 1.54) is 0 Å². The minimum atomic E-state index is -0.127. The fourth-order valence-electron chi connectivity index (χ4n) is 3.87. The van der Waals surface area contributed by atoms with Crippen LogP contribution >= 0.6 is 0 Å². The van der Waals surface area contributed by atoms with Gasteiger partial charge in [-0.05, 0) is 66.1 Å². The molecule has 0 spiro atoms. The molecule has 0 aliphatic heterocycles. The molecule has 5 heteroatoms. The maximum atomic E-state index is 13.5. The molecular formula is C30H28N2O3. The number of carbonyl (C=O) groups excluding carboxylic acids is 2. The number of nitrogens with one attached hydrogen (secondary N) is 1. The zero-order valence-electron chi connectivity index (χ0n) is 19.9. The molecule has 0 heterocycles. The first-order valence-electron chi connectivity index (χ1n) is 11.5. The Hall–Kier alpha value is -4.38. The van der Waals surface area contributed by atoms with Gasteiger partial charge >= 0.3 is 0 Å². The fraction of sp³-hybridized carbons (Fsp3) is 0.133. The highest BCUT2D eigenvalue weighted by Crippen LogP contribution is 2.23. The summed E-state index contributed by atoms with van der Waals surface area (Å²) in [4.78, 5) is 27.8. The molecule has 0 bridgehead atoms. The molecule has 0 aromatic heterocycles. The van der Waals surface area contributed by atoms with Crippen LogP contribution in [0, 0.1) is 6.92 Å². The van der Waals surface area contributed by atoms with Gasteiger partial charge in [-0.2, -0.15) is 0 Å². The van der Waals surface area contributed by atoms with Gasteiger partial charge in [0.05, 0.1) is 20.1 Å². The van der Waals surface area contributed by atoms with E-state index in [4.69, 9.17) is 4.74 Å². The Morgan fingerprint density at radius 3 is 2.26 bits per heavy atom. The van der Waals surface area contributed by atoms with Crippen LogP contribution in [0.2, 0.25) is 0 Å². The molecule has 0 atom stereocenters. The molecule has 4 aromatic rings. The minimum Gasteiger partial charge on any atom is -0.497 e. The van der Waals surface area contributed by atoms with Gasteiger partial charge in [0.15, 0.2) is 0 Å². The van der Waals surface area contributed by atoms with Crippen LogP contribution in [0.5, 0.6) is 5.75 Å². The average Bonchev–Trinajstić information content (AvgIpc) is 2.88. The van der Waals surface area contributed by atoms with Crippen molar-refractivity contribution in [3.8, 4) is 5.75 Å². The third-order valence-corrected chi connectivity index (χ3v) is 5.66. The number of amides is 2. The van der Waals surface area contributed by atoms with Crippen LogP contribution in [0.1, 0.15) is 27.0 Å². The van der Waals surface area contributed by atoms with Gasteiger partial charge in [0.25, 0.3) is 5.91 Å². The number of hydrogen-bond donors (Lipinski definition) is 1. The van der Waals surface area contributed by atoms with E-state index in [2.05, 4.69) is 5.32 Å². The molecule has 0 fully saturated rings. The normalized spacial score (nSPS) is 10.5. The second kappa shape index (κ2) is 11.2. The number of benzene rings is 4. The summed E-state index contributed by atoms with van der Waals surface area (Å²) in [6.45, 7) is 2.41. The Labute approximate surface area is 206 Å². The summed E-state index contributed by atoms with van der Waals surface area (Å²) in [5.74, 6) is 0.417. The van der Waals surface area contributed by atoms with E-state index in [0.717, 1.165) is 28.1 Å². The van der Waals surface area contributed by atoms with Gasteiger partial charge in [-0.15, -0.1) is 0 Å². The highest BCUT2D eigenvalue weighted by Gasteiger charge is 2.19. The molecule has 0 saturated heterocycles. The topological polar surface area (TPSA) is 58.6 Å². The van der Waals surface area contributed by atoms with Crippen LogP contribution in [-0.2, 0) is 17.8 Å². The molecule has 176 valence electrons. The number of nitrogens with zero attached hydrogens (tertiary/aromatic N) is 1. The molecule has 0 saturated carbocycles. The van der Waals surface area contributed by atoms with E-state index in [1.54, 1.807) is 24.1 Å². The maximum absolute atomic E-state index is 13.5. The Bertz CT molecular complexity index is 1300. The first kappa shape index (κ1) is 23.8. The van der Waals surface area contributed by atoms with Crippen LogP contribution in [0.25, 0.3) is 0 Å². The van der Waals surface area contributed by atoms with Crippen molar-refractivity contribution in [2.75, 3.05) is 17.3 Å². The van der Waals surface area contributed by atoms with Crippen LogP contribution in [-0.4, -0.2) is 18.9 Å². The SMILES string of the molecule is COc1cccc(C(=O)N(Cc2ccccc2)c2ccc(CC(=O)Nc3cccc(C)c3)cc2)c1. The van der Waals surface area contributed by atoms with Gasteiger partial charge in [0.1, 0.15) is 5.75 Å². The Balaban J connectivity index is 1.53. The monoisotopic (exact) mass is 464 g/mol. The van der Waals surface area contributed by atoms with Crippen molar-refractivity contribution >= 4 is 23.2 Å². The summed E-state index contributed by atoms with van der Waals surface area (Å²) in [6, 6.07) is 32.3. The second-order valence-corrected chi connectivity index (χ2v) is 8.37. The predicted molar refractivity (Wildman–Crippen MR) is 140 cm³/mol. The molecule has 0 radical (unpaired) electrons. The summed E-state index contributed by atoms with van der Waals surface area (Å²) in [7, 11) is 1.58. The van der Waals surface area contributed by atoms with Gasteiger partial charge in [0, 0.05) is 16.9 Å². The zero-order valence-corrected chi connectivity index (χ0v) is 19.9. The summed E-state index contributed by atoms with van der Waals surface area (Å²) in [5, 5.41) is 2.94. The van der Waals surface area contributed by atoms with Gasteiger partial charge in [-0.25, -0.2) is 0 Å². The smallest absolute Gasteiger partial charge is 0.258 e. The minimum absolute atomic E-state index is 0.0862. The van der Waals surface area contributed by atoms with Crippen LogP contribution in [0.3, 0.4) is 0 Å². The lowest BCUT2D eigenvalue weighted by Gasteiger charge is -2.24. The van der Waals surface area contributed by atoms with E-state index < -0.39 is 0 Å². The fourth-order valence-corrected chi connectivity index (χ4v) is 3.87. The van der Waals surface area contributed by atoms with Crippen LogP contribution in [0.4, 0.5) is 11.4 Å². The largest absolute Gasteiger partial charge is 0.497 e. The first-order valence-corrected chi connectivity index (χ1v) is 11.5. The molecule has 1 N–H and O–H groups in total. The molecule has 0 aliphatic carbocycles. The third-order valence-electron chi connectivity index (χ3n) is 5.66. The zero-order chi connectivity index (χ0) is 24.6. The van der Waals surface area contributed by atoms with E-state index in [9.17, 15) is 9.59 Å². The van der Waals surface area contributed by atoms with Crippen molar-refractivity contribution in [3.63, 3.8) is 0 Å². The van der Waals surface area contributed by atoms with Gasteiger partial charge in [-0.3, -0.25) is 9.59 Å². The number of carbonyl (C=O) groups is 2. The predicted octanol–water partition coefficient (Wildman–Crippen LogP) is 6.03. The van der Waals surface area contributed by atoms with Gasteiger partial charge in [-0.1, -0.05) is 60.7 Å². The van der Waals surface area contributed by atoms with Crippen molar-refractivity contribution in [2.45, 2.75) is 19.9 Å². The number of ether oxygens (including phenoxy) is 1. The molecule has 0 aliphatic rings. The number of methoxy groups -OCH3 is 1. The summed E-state index contributed by atoms with van der Waals surface area (Å²) in [5.41, 5.74) is 5.06. The van der Waals surface area contributed by atoms with Crippen LogP contribution < -0.4 is 15.0 Å². The van der Waals surface area contributed by atoms with Crippen molar-refractivity contribution in [1.82, 2.24) is 0 Å². The van der Waals surface area contributed by atoms with Crippen molar-refractivity contribution < 1.29 is 14.3 Å². The summed E-state index contributed by atoms with van der Waals surface area (Å²) in [6.07, 6.45) is 0.247. The lowest BCUT2D eigenvalue weighted by Crippen LogP contribution is -2.30. The molecule has 5 nitrogen and oxygen atoms in total. The molecule has 0 unspecified atom stereocenters. The van der Waals surface area contributed by atoms with E-state index in [0.29, 0.717) is 17.9 Å². The van der Waals surface area contributed by atoms with Crippen molar-refractivity contribution in [2.24, 2.45) is 0 Å². The molecule has 2 amide bonds. The van der Waals surface area contributed by atoms with Crippen molar-refractivity contribution in [3.05, 3.63) is 125 Å². The number of rotatable bonds is 8. The first-order chi connectivity index (χ1) is 17.0. The molecule has 4 aromatic carbocycles. The Morgan fingerprint density at radius 2 is 1.54 bits per heavy atom. The number of anilines is 2. The Morgan fingerprint density at radius 1 is 0.800 bits per heavy atom. The van der Waals surface area contributed by atoms with Gasteiger partial charge < -0.3 is 15.0 Å². The maximum Gasteiger partial charge on any atom is 0.258 e. The quantitative estimate of drug-likeness (QED) is 0.346. The molecule has 35 heavy (non-hydrogen) atoms. The molecular weight excluding hydrogens is 436 g/mol. The molecule has 4 rings (SSSR count). The lowest BCUT2D eigenvalue weighted by atomic mass is 10.1. The van der Waals surface area contributed by atoms with Gasteiger partial charge in [0.2, 0.25) is 5.91 Å². The summed E-state index contributed by atoms with van der Waals surface area (Å²) >= 11 is 0. The lowest BCUT2D eigenvalue weighted by molar-refractivity contribution is -0.115. The van der Waals surface area contributed by atoms with E-state index >= 15 is 0 Å².